The van der Waals surface area contributed by atoms with Gasteiger partial charge in [0, 0.05) is 63.0 Å². The number of H-pyrrole nitrogens is 1. The second kappa shape index (κ2) is 10.3. The molecule has 2 aliphatic rings. The number of pyridine rings is 2. The molecule has 4 aromatic rings. The monoisotopic (exact) mass is 496 g/mol. The van der Waals surface area contributed by atoms with Crippen LogP contribution in [0, 0.1) is 0 Å². The van der Waals surface area contributed by atoms with Crippen LogP contribution in [0.3, 0.4) is 0 Å². The predicted octanol–water partition coefficient (Wildman–Crippen LogP) is 3.62. The molecule has 6 rings (SSSR count). The van der Waals surface area contributed by atoms with E-state index in [2.05, 4.69) is 53.3 Å². The molecule has 0 saturated carbocycles. The molecule has 0 aliphatic carbocycles. The zero-order valence-electron chi connectivity index (χ0n) is 21.2. The summed E-state index contributed by atoms with van der Waals surface area (Å²) in [5.41, 5.74) is 6.01. The van der Waals surface area contributed by atoms with E-state index in [-0.39, 0.29) is 5.91 Å². The molecule has 5 heterocycles. The number of piperazine rings is 1. The first kappa shape index (κ1) is 23.6. The van der Waals surface area contributed by atoms with Gasteiger partial charge >= 0.3 is 0 Å². The number of rotatable bonds is 6. The number of amides is 1. The Labute approximate surface area is 216 Å². The van der Waals surface area contributed by atoms with Gasteiger partial charge in [0.05, 0.1) is 35.0 Å². The standard InChI is InChI=1S/C28H32N8O/c1-34-10-12-35(13-11-34)19-23-6-5-22(17-30-23)31-28(37)27-25-15-20(4-7-26(25)32-33-27)21-14-24(18-29-16-21)36-8-2-3-9-36/h4-7,14-18H,2-3,8-13,19H2,1H3,(H,31,37)(H,32,33). The highest BCUT2D eigenvalue weighted by molar-refractivity contribution is 6.11. The molecule has 1 amide bonds. The molecule has 190 valence electrons. The minimum atomic E-state index is -0.263. The van der Waals surface area contributed by atoms with Crippen LogP contribution in [0.4, 0.5) is 11.4 Å². The summed E-state index contributed by atoms with van der Waals surface area (Å²) in [7, 11) is 2.15. The first-order valence-electron chi connectivity index (χ1n) is 13.0. The van der Waals surface area contributed by atoms with Gasteiger partial charge in [-0.2, -0.15) is 5.10 Å². The molecule has 2 N–H and O–H groups in total. The Morgan fingerprint density at radius 1 is 0.946 bits per heavy atom. The van der Waals surface area contributed by atoms with Crippen molar-refractivity contribution in [2.75, 3.05) is 56.5 Å². The largest absolute Gasteiger partial charge is 0.370 e. The molecule has 0 unspecified atom stereocenters. The lowest BCUT2D eigenvalue weighted by molar-refractivity contribution is 0.102. The normalized spacial score (nSPS) is 16.9. The summed E-state index contributed by atoms with van der Waals surface area (Å²) in [6.45, 7) is 7.21. The second-order valence-corrected chi connectivity index (χ2v) is 10.0. The SMILES string of the molecule is CN1CCN(Cc2ccc(NC(=O)c3n[nH]c4ccc(-c5cncc(N6CCCC6)c5)cc34)cn2)CC1. The Balaban J connectivity index is 1.17. The van der Waals surface area contributed by atoms with E-state index in [0.717, 1.165) is 79.2 Å². The van der Waals surface area contributed by atoms with Crippen molar-refractivity contribution >= 4 is 28.2 Å². The topological polar surface area (TPSA) is 93.3 Å². The third-order valence-corrected chi connectivity index (χ3v) is 7.37. The average Bonchev–Trinajstić information content (AvgIpc) is 3.61. The fourth-order valence-electron chi connectivity index (χ4n) is 5.12. The summed E-state index contributed by atoms with van der Waals surface area (Å²) in [5.74, 6) is -0.263. The molecule has 0 spiro atoms. The Kier molecular flexibility index (Phi) is 6.55. The van der Waals surface area contributed by atoms with Crippen LogP contribution < -0.4 is 10.2 Å². The summed E-state index contributed by atoms with van der Waals surface area (Å²) in [4.78, 5) is 29.3. The molecular formula is C28H32N8O. The molecule has 3 aromatic heterocycles. The number of hydrogen-bond donors (Lipinski definition) is 2. The molecule has 37 heavy (non-hydrogen) atoms. The minimum absolute atomic E-state index is 0.263. The number of benzene rings is 1. The summed E-state index contributed by atoms with van der Waals surface area (Å²) in [5, 5.41) is 11.0. The molecule has 1 aromatic carbocycles. The van der Waals surface area contributed by atoms with Crippen molar-refractivity contribution in [3.63, 3.8) is 0 Å². The molecule has 0 atom stereocenters. The van der Waals surface area contributed by atoms with Gasteiger partial charge < -0.3 is 15.1 Å². The van der Waals surface area contributed by atoms with Crippen LogP contribution in [-0.4, -0.2) is 82.2 Å². The van der Waals surface area contributed by atoms with Gasteiger partial charge in [-0.3, -0.25) is 24.8 Å². The van der Waals surface area contributed by atoms with Gasteiger partial charge in [0.25, 0.3) is 5.91 Å². The smallest absolute Gasteiger partial charge is 0.276 e. The maximum atomic E-state index is 13.1. The lowest BCUT2D eigenvalue weighted by Gasteiger charge is -2.32. The molecule has 0 radical (unpaired) electrons. The van der Waals surface area contributed by atoms with Crippen molar-refractivity contribution in [1.29, 1.82) is 0 Å². The zero-order chi connectivity index (χ0) is 25.2. The number of nitrogens with zero attached hydrogens (tertiary/aromatic N) is 6. The van der Waals surface area contributed by atoms with Gasteiger partial charge in [-0.05, 0) is 55.8 Å². The number of aromatic amines is 1. The fraction of sp³-hybridized carbons (Fsp3) is 0.357. The number of carbonyl (C=O) groups excluding carboxylic acids is 1. The van der Waals surface area contributed by atoms with Gasteiger partial charge in [-0.1, -0.05) is 6.07 Å². The summed E-state index contributed by atoms with van der Waals surface area (Å²) < 4.78 is 0. The Morgan fingerprint density at radius 2 is 1.78 bits per heavy atom. The highest BCUT2D eigenvalue weighted by Crippen LogP contribution is 2.29. The molecular weight excluding hydrogens is 464 g/mol. The maximum Gasteiger partial charge on any atom is 0.276 e. The zero-order valence-corrected chi connectivity index (χ0v) is 21.2. The number of nitrogens with one attached hydrogen (secondary N) is 2. The highest BCUT2D eigenvalue weighted by atomic mass is 16.1. The Morgan fingerprint density at radius 3 is 2.57 bits per heavy atom. The third-order valence-electron chi connectivity index (χ3n) is 7.37. The van der Waals surface area contributed by atoms with Gasteiger partial charge in [0.15, 0.2) is 5.69 Å². The van der Waals surface area contributed by atoms with Gasteiger partial charge in [-0.15, -0.1) is 0 Å². The number of fused-ring (bicyclic) bond motifs is 1. The first-order valence-corrected chi connectivity index (χ1v) is 13.0. The van der Waals surface area contributed by atoms with Crippen LogP contribution in [0.1, 0.15) is 29.0 Å². The number of anilines is 2. The predicted molar refractivity (Wildman–Crippen MR) is 146 cm³/mol. The Hall–Kier alpha value is -3.82. The average molecular weight is 497 g/mol. The lowest BCUT2D eigenvalue weighted by atomic mass is 10.0. The van der Waals surface area contributed by atoms with Crippen molar-refractivity contribution in [3.8, 4) is 11.1 Å². The van der Waals surface area contributed by atoms with Gasteiger partial charge in [-0.25, -0.2) is 0 Å². The van der Waals surface area contributed by atoms with Crippen molar-refractivity contribution in [2.24, 2.45) is 0 Å². The maximum absolute atomic E-state index is 13.1. The number of aromatic nitrogens is 4. The van der Waals surface area contributed by atoms with Crippen LogP contribution in [0.15, 0.2) is 55.0 Å². The minimum Gasteiger partial charge on any atom is -0.370 e. The second-order valence-electron chi connectivity index (χ2n) is 10.0. The van der Waals surface area contributed by atoms with E-state index in [4.69, 9.17) is 0 Å². The molecule has 2 fully saturated rings. The Bertz CT molecular complexity index is 1390. The van der Waals surface area contributed by atoms with Gasteiger partial charge in [0.1, 0.15) is 0 Å². The molecule has 2 aliphatic heterocycles. The van der Waals surface area contributed by atoms with Crippen molar-refractivity contribution in [3.05, 3.63) is 66.4 Å². The van der Waals surface area contributed by atoms with Crippen LogP contribution in [0.5, 0.6) is 0 Å². The quantitative estimate of drug-likeness (QED) is 0.421. The van der Waals surface area contributed by atoms with E-state index in [9.17, 15) is 4.79 Å². The van der Waals surface area contributed by atoms with Crippen LogP contribution >= 0.6 is 0 Å². The molecule has 0 bridgehead atoms. The van der Waals surface area contributed by atoms with Crippen molar-refractivity contribution in [1.82, 2.24) is 30.0 Å². The van der Waals surface area contributed by atoms with Crippen molar-refractivity contribution in [2.45, 2.75) is 19.4 Å². The van der Waals surface area contributed by atoms with E-state index in [1.165, 1.54) is 12.8 Å². The highest BCUT2D eigenvalue weighted by Gasteiger charge is 2.18. The van der Waals surface area contributed by atoms with E-state index >= 15 is 0 Å². The molecule has 2 saturated heterocycles. The lowest BCUT2D eigenvalue weighted by Crippen LogP contribution is -2.43. The van der Waals surface area contributed by atoms with E-state index in [1.54, 1.807) is 6.20 Å². The number of hydrogen-bond acceptors (Lipinski definition) is 7. The third kappa shape index (κ3) is 5.19. The number of likely N-dealkylation sites (N-methyl/N-ethyl adjacent to an activating group) is 1. The van der Waals surface area contributed by atoms with Gasteiger partial charge in [0.2, 0.25) is 0 Å². The van der Waals surface area contributed by atoms with Crippen molar-refractivity contribution < 1.29 is 4.79 Å². The molecule has 9 nitrogen and oxygen atoms in total. The van der Waals surface area contributed by atoms with Crippen LogP contribution in [0.25, 0.3) is 22.0 Å². The van der Waals surface area contributed by atoms with E-state index < -0.39 is 0 Å². The fourth-order valence-corrected chi connectivity index (χ4v) is 5.12. The van der Waals surface area contributed by atoms with Crippen LogP contribution in [0.2, 0.25) is 0 Å². The summed E-state index contributed by atoms with van der Waals surface area (Å²) in [6.07, 6.45) is 7.96. The van der Waals surface area contributed by atoms with E-state index in [0.29, 0.717) is 11.4 Å². The molecule has 9 heteroatoms. The summed E-state index contributed by atoms with van der Waals surface area (Å²) >= 11 is 0. The van der Waals surface area contributed by atoms with Crippen LogP contribution in [-0.2, 0) is 6.54 Å². The first-order chi connectivity index (χ1) is 18.1. The number of carbonyl (C=O) groups is 1. The summed E-state index contributed by atoms with van der Waals surface area (Å²) in [6, 6.07) is 12.1. The van der Waals surface area contributed by atoms with E-state index in [1.807, 2.05) is 42.7 Å².